The van der Waals surface area contributed by atoms with Gasteiger partial charge in [-0.3, -0.25) is 4.79 Å². The quantitative estimate of drug-likeness (QED) is 0.570. The molecule has 0 saturated heterocycles. The number of hydrogen-bond acceptors (Lipinski definition) is 4. The Morgan fingerprint density at radius 3 is 2.57 bits per heavy atom. The van der Waals surface area contributed by atoms with Gasteiger partial charge in [-0.25, -0.2) is 0 Å². The van der Waals surface area contributed by atoms with Crippen LogP contribution in [0.3, 0.4) is 0 Å². The van der Waals surface area contributed by atoms with E-state index in [0.717, 1.165) is 12.1 Å². The highest BCUT2D eigenvalue weighted by atomic mass is 35.5. The number of aryl methyl sites for hydroxylation is 1. The van der Waals surface area contributed by atoms with Gasteiger partial charge >= 0.3 is 6.18 Å². The van der Waals surface area contributed by atoms with Crippen LogP contribution in [0, 0.1) is 0 Å². The van der Waals surface area contributed by atoms with E-state index < -0.39 is 11.7 Å². The molecule has 1 aromatic heterocycles. The molecule has 10 heteroatoms. The Hall–Kier alpha value is -2.58. The van der Waals surface area contributed by atoms with Crippen LogP contribution in [0.4, 0.5) is 18.9 Å². The van der Waals surface area contributed by atoms with E-state index in [9.17, 15) is 18.0 Å². The maximum Gasteiger partial charge on any atom is 0.416 e. The number of hydrogen-bond donors (Lipinski definition) is 1. The number of alkyl halides is 3. The average molecular weight is 430 g/mol. The van der Waals surface area contributed by atoms with Gasteiger partial charge in [0.1, 0.15) is 0 Å². The van der Waals surface area contributed by atoms with Crippen molar-refractivity contribution in [1.82, 2.24) is 10.2 Å². The van der Waals surface area contributed by atoms with E-state index in [1.165, 1.54) is 18.2 Å². The first kappa shape index (κ1) is 20.2. The van der Waals surface area contributed by atoms with Gasteiger partial charge in [-0.15, -0.1) is 10.2 Å². The van der Waals surface area contributed by atoms with Gasteiger partial charge < -0.3 is 9.73 Å². The second-order valence-electron chi connectivity index (χ2n) is 5.76. The molecule has 0 saturated carbocycles. The molecule has 0 radical (unpaired) electrons. The van der Waals surface area contributed by atoms with Gasteiger partial charge in [-0.2, -0.15) is 13.2 Å². The Morgan fingerprint density at radius 1 is 1.07 bits per heavy atom. The van der Waals surface area contributed by atoms with E-state index in [1.807, 2.05) is 0 Å². The summed E-state index contributed by atoms with van der Waals surface area (Å²) in [7, 11) is 0. The number of rotatable bonds is 5. The monoisotopic (exact) mass is 429 g/mol. The summed E-state index contributed by atoms with van der Waals surface area (Å²) in [4.78, 5) is 12.0. The number of carbonyl (C=O) groups excluding carboxylic acids is 1. The van der Waals surface area contributed by atoms with Crippen molar-refractivity contribution in [2.75, 3.05) is 5.32 Å². The minimum atomic E-state index is -4.47. The molecule has 0 unspecified atom stereocenters. The van der Waals surface area contributed by atoms with Crippen LogP contribution in [0.2, 0.25) is 10.0 Å². The second-order valence-corrected chi connectivity index (χ2v) is 6.57. The van der Waals surface area contributed by atoms with Crippen LogP contribution >= 0.6 is 23.2 Å². The molecule has 3 aromatic rings. The predicted octanol–water partition coefficient (Wildman–Crippen LogP) is 5.63. The normalized spacial score (nSPS) is 11.5. The van der Waals surface area contributed by atoms with Crippen LogP contribution in [0.1, 0.15) is 17.9 Å². The van der Waals surface area contributed by atoms with Gasteiger partial charge in [-0.1, -0.05) is 29.3 Å². The van der Waals surface area contributed by atoms with Gasteiger partial charge in [0.2, 0.25) is 17.7 Å². The number of nitrogens with one attached hydrogen (secondary N) is 1. The van der Waals surface area contributed by atoms with E-state index >= 15 is 0 Å². The molecule has 3 rings (SSSR count). The minimum Gasteiger partial charge on any atom is -0.421 e. The van der Waals surface area contributed by atoms with E-state index in [1.54, 1.807) is 12.1 Å². The van der Waals surface area contributed by atoms with Crippen molar-refractivity contribution in [3.63, 3.8) is 0 Å². The van der Waals surface area contributed by atoms with Crippen LogP contribution < -0.4 is 5.32 Å². The fourth-order valence-corrected chi connectivity index (χ4v) is 2.62. The lowest BCUT2D eigenvalue weighted by Crippen LogP contribution is -2.12. The highest BCUT2D eigenvalue weighted by Gasteiger charge is 2.30. The fraction of sp³-hybridized carbons (Fsp3) is 0.167. The second kappa shape index (κ2) is 8.20. The number of carbonyl (C=O) groups is 1. The molecule has 0 bridgehead atoms. The topological polar surface area (TPSA) is 68.0 Å². The molecule has 0 aliphatic heterocycles. The van der Waals surface area contributed by atoms with Gasteiger partial charge in [0.25, 0.3) is 0 Å². The molecular weight excluding hydrogens is 418 g/mol. The summed E-state index contributed by atoms with van der Waals surface area (Å²) >= 11 is 11.7. The summed E-state index contributed by atoms with van der Waals surface area (Å²) in [6.07, 6.45) is -4.31. The van der Waals surface area contributed by atoms with Gasteiger partial charge in [-0.05, 0) is 36.4 Å². The zero-order valence-electron chi connectivity index (χ0n) is 14.1. The number of aromatic nitrogens is 2. The van der Waals surface area contributed by atoms with Gasteiger partial charge in [0.05, 0.1) is 15.6 Å². The summed E-state index contributed by atoms with van der Waals surface area (Å²) in [5.41, 5.74) is -0.186. The largest absolute Gasteiger partial charge is 0.421 e. The molecule has 2 aromatic carbocycles. The Bertz CT molecular complexity index is 1010. The summed E-state index contributed by atoms with van der Waals surface area (Å²) in [6.45, 7) is 0. The zero-order valence-corrected chi connectivity index (χ0v) is 15.6. The molecule has 1 amide bonds. The molecule has 0 atom stereocenters. The lowest BCUT2D eigenvalue weighted by molar-refractivity contribution is -0.137. The van der Waals surface area contributed by atoms with Crippen molar-refractivity contribution in [2.24, 2.45) is 0 Å². The molecule has 1 N–H and O–H groups in total. The molecule has 146 valence electrons. The Kier molecular flexibility index (Phi) is 5.90. The molecule has 0 aliphatic carbocycles. The third-order valence-corrected chi connectivity index (χ3v) is 4.41. The number of halogens is 5. The first-order chi connectivity index (χ1) is 13.2. The fourth-order valence-electron chi connectivity index (χ4n) is 2.32. The molecule has 0 aliphatic rings. The van der Waals surface area contributed by atoms with E-state index in [2.05, 4.69) is 15.5 Å². The first-order valence-electron chi connectivity index (χ1n) is 7.97. The minimum absolute atomic E-state index is 0.0322. The SMILES string of the molecule is O=C(CCc1nnc(-c2cccc(C(F)(F)F)c2)o1)Nc1ccc(Cl)c(Cl)c1. The van der Waals surface area contributed by atoms with Gasteiger partial charge in [0.15, 0.2) is 0 Å². The third-order valence-electron chi connectivity index (χ3n) is 3.67. The van der Waals surface area contributed by atoms with Crippen LogP contribution in [-0.2, 0) is 17.4 Å². The Labute approximate surface area is 167 Å². The molecule has 0 spiro atoms. The lowest BCUT2D eigenvalue weighted by Gasteiger charge is -2.06. The van der Waals surface area contributed by atoms with E-state index in [0.29, 0.717) is 15.7 Å². The van der Waals surface area contributed by atoms with Crippen LogP contribution in [-0.4, -0.2) is 16.1 Å². The van der Waals surface area contributed by atoms with E-state index in [-0.39, 0.29) is 36.1 Å². The van der Waals surface area contributed by atoms with Crippen LogP contribution in [0.15, 0.2) is 46.9 Å². The molecule has 1 heterocycles. The highest BCUT2D eigenvalue weighted by molar-refractivity contribution is 6.42. The van der Waals surface area contributed by atoms with Crippen molar-refractivity contribution >= 4 is 34.8 Å². The van der Waals surface area contributed by atoms with Crippen molar-refractivity contribution in [1.29, 1.82) is 0 Å². The number of anilines is 1. The third kappa shape index (κ3) is 5.02. The number of amides is 1. The first-order valence-corrected chi connectivity index (χ1v) is 8.73. The predicted molar refractivity (Wildman–Crippen MR) is 98.1 cm³/mol. The Morgan fingerprint density at radius 2 is 1.86 bits per heavy atom. The van der Waals surface area contributed by atoms with Crippen molar-refractivity contribution in [2.45, 2.75) is 19.0 Å². The van der Waals surface area contributed by atoms with Crippen molar-refractivity contribution < 1.29 is 22.4 Å². The standard InChI is InChI=1S/C18H12Cl2F3N3O2/c19-13-5-4-12(9-14(13)20)24-15(27)6-7-16-25-26-17(28-16)10-2-1-3-11(8-10)18(21,22)23/h1-5,8-9H,6-7H2,(H,24,27). The van der Waals surface area contributed by atoms with Crippen molar-refractivity contribution in [3.05, 3.63) is 64.0 Å². The lowest BCUT2D eigenvalue weighted by atomic mass is 10.1. The zero-order chi connectivity index (χ0) is 20.3. The summed E-state index contributed by atoms with van der Waals surface area (Å²) in [6, 6.07) is 9.24. The number of nitrogens with zero attached hydrogens (tertiary/aromatic N) is 2. The maximum absolute atomic E-state index is 12.8. The maximum atomic E-state index is 12.8. The van der Waals surface area contributed by atoms with E-state index in [4.69, 9.17) is 27.6 Å². The summed E-state index contributed by atoms with van der Waals surface area (Å²) in [5.74, 6) is -0.236. The molecule has 0 fully saturated rings. The van der Waals surface area contributed by atoms with Crippen LogP contribution in [0.25, 0.3) is 11.5 Å². The smallest absolute Gasteiger partial charge is 0.416 e. The molecule has 28 heavy (non-hydrogen) atoms. The summed E-state index contributed by atoms with van der Waals surface area (Å²) < 4.78 is 43.8. The Balaban J connectivity index is 1.62. The van der Waals surface area contributed by atoms with Crippen molar-refractivity contribution in [3.8, 4) is 11.5 Å². The molecular formula is C18H12Cl2F3N3O2. The molecule has 5 nitrogen and oxygen atoms in total. The van der Waals surface area contributed by atoms with Gasteiger partial charge in [0, 0.05) is 24.1 Å². The summed E-state index contributed by atoms with van der Waals surface area (Å²) in [5, 5.41) is 10.8. The average Bonchev–Trinajstić information content (AvgIpc) is 3.12. The highest BCUT2D eigenvalue weighted by Crippen LogP contribution is 2.32. The van der Waals surface area contributed by atoms with Crippen LogP contribution in [0.5, 0.6) is 0 Å². The number of benzene rings is 2.